The monoisotopic (exact) mass is 386 g/mol. The van der Waals surface area contributed by atoms with Crippen molar-refractivity contribution >= 4 is 5.91 Å². The van der Waals surface area contributed by atoms with Gasteiger partial charge in [-0.2, -0.15) is 0 Å². The van der Waals surface area contributed by atoms with Gasteiger partial charge >= 0.3 is 0 Å². The van der Waals surface area contributed by atoms with Gasteiger partial charge in [0, 0.05) is 29.2 Å². The summed E-state index contributed by atoms with van der Waals surface area (Å²) in [6, 6.07) is 18.7. The largest absolute Gasteiger partial charge is 0.348 e. The lowest BCUT2D eigenvalue weighted by atomic mass is 9.89. The maximum absolute atomic E-state index is 12.6. The van der Waals surface area contributed by atoms with Gasteiger partial charge in [-0.15, -0.1) is 0 Å². The van der Waals surface area contributed by atoms with Crippen molar-refractivity contribution in [1.82, 2.24) is 9.88 Å². The summed E-state index contributed by atoms with van der Waals surface area (Å²) in [5.74, 6) is 0.734. The van der Waals surface area contributed by atoms with Gasteiger partial charge in [-0.25, -0.2) is 0 Å². The molecule has 0 bridgehead atoms. The molecule has 1 N–H and O–H groups in total. The first-order valence-electron chi connectivity index (χ1n) is 10.7. The molecular formula is C26H30N2O. The Morgan fingerprint density at radius 3 is 2.45 bits per heavy atom. The van der Waals surface area contributed by atoms with E-state index < -0.39 is 0 Å². The molecule has 0 radical (unpaired) electrons. The van der Waals surface area contributed by atoms with Crippen LogP contribution in [0.25, 0.3) is 5.69 Å². The second kappa shape index (κ2) is 8.28. The van der Waals surface area contributed by atoms with Crippen molar-refractivity contribution < 1.29 is 4.79 Å². The van der Waals surface area contributed by atoms with Crippen LogP contribution in [0.15, 0.2) is 54.6 Å². The Hall–Kier alpha value is -2.81. The van der Waals surface area contributed by atoms with Crippen molar-refractivity contribution in [3.63, 3.8) is 0 Å². The minimum Gasteiger partial charge on any atom is -0.348 e. The molecule has 1 aliphatic rings. The first-order valence-corrected chi connectivity index (χ1v) is 10.7. The first-order chi connectivity index (χ1) is 14.0. The summed E-state index contributed by atoms with van der Waals surface area (Å²) in [7, 11) is 0. The van der Waals surface area contributed by atoms with Crippen LogP contribution in [0.2, 0.25) is 0 Å². The molecule has 0 saturated carbocycles. The van der Waals surface area contributed by atoms with Crippen LogP contribution in [-0.4, -0.2) is 10.5 Å². The molecule has 0 fully saturated rings. The Balaban J connectivity index is 1.46. The molecule has 150 valence electrons. The maximum Gasteiger partial charge on any atom is 0.251 e. The lowest BCUT2D eigenvalue weighted by Crippen LogP contribution is -2.22. The van der Waals surface area contributed by atoms with Gasteiger partial charge in [0.1, 0.15) is 0 Å². The van der Waals surface area contributed by atoms with E-state index in [1.165, 1.54) is 35.4 Å². The number of nitrogens with one attached hydrogen (secondary N) is 1. The fourth-order valence-electron chi connectivity index (χ4n) is 4.36. The van der Waals surface area contributed by atoms with Crippen LogP contribution in [0.1, 0.15) is 58.7 Å². The summed E-state index contributed by atoms with van der Waals surface area (Å²) in [5, 5.41) is 3.03. The predicted molar refractivity (Wildman–Crippen MR) is 119 cm³/mol. The van der Waals surface area contributed by atoms with Gasteiger partial charge in [-0.3, -0.25) is 4.79 Å². The van der Waals surface area contributed by atoms with E-state index in [4.69, 9.17) is 0 Å². The van der Waals surface area contributed by atoms with E-state index in [1.54, 1.807) is 0 Å². The van der Waals surface area contributed by atoms with Crippen LogP contribution in [0, 0.1) is 12.8 Å². The van der Waals surface area contributed by atoms with E-state index in [-0.39, 0.29) is 5.91 Å². The molecule has 3 aromatic rings. The Bertz CT molecular complexity index is 996. The van der Waals surface area contributed by atoms with Crippen molar-refractivity contribution in [2.75, 3.05) is 0 Å². The molecule has 0 spiro atoms. The minimum absolute atomic E-state index is 0.0313. The molecule has 0 saturated heterocycles. The molecule has 3 nitrogen and oxygen atoms in total. The van der Waals surface area contributed by atoms with Crippen molar-refractivity contribution in [3.8, 4) is 5.69 Å². The van der Waals surface area contributed by atoms with E-state index in [2.05, 4.69) is 73.1 Å². The SMILES string of the molecule is CCc1ccc(CNC(=O)c2ccc(-n3c(C)cc4c3CC[C@@H](C)C4)cc2)cc1. The van der Waals surface area contributed by atoms with E-state index in [0.717, 1.165) is 30.0 Å². The summed E-state index contributed by atoms with van der Waals surface area (Å²) < 4.78 is 2.36. The molecule has 3 heteroatoms. The Morgan fingerprint density at radius 2 is 1.76 bits per heavy atom. The molecule has 29 heavy (non-hydrogen) atoms. The molecule has 1 amide bonds. The number of nitrogens with zero attached hydrogens (tertiary/aromatic N) is 1. The van der Waals surface area contributed by atoms with E-state index in [0.29, 0.717) is 12.1 Å². The third kappa shape index (κ3) is 4.14. The number of carbonyl (C=O) groups excluding carboxylic acids is 1. The number of aromatic nitrogens is 1. The highest BCUT2D eigenvalue weighted by molar-refractivity contribution is 5.94. The number of hydrogen-bond acceptors (Lipinski definition) is 1. The van der Waals surface area contributed by atoms with Gasteiger partial charge in [0.2, 0.25) is 0 Å². The van der Waals surface area contributed by atoms with E-state index >= 15 is 0 Å². The second-order valence-corrected chi connectivity index (χ2v) is 8.34. The van der Waals surface area contributed by atoms with Crippen LogP contribution >= 0.6 is 0 Å². The molecule has 1 atom stereocenters. The van der Waals surface area contributed by atoms with Crippen LogP contribution in [-0.2, 0) is 25.8 Å². The normalized spacial score (nSPS) is 15.8. The minimum atomic E-state index is -0.0313. The zero-order valence-electron chi connectivity index (χ0n) is 17.7. The number of fused-ring (bicyclic) bond motifs is 1. The van der Waals surface area contributed by atoms with Crippen molar-refractivity contribution in [2.24, 2.45) is 5.92 Å². The molecular weight excluding hydrogens is 356 g/mol. The van der Waals surface area contributed by atoms with Crippen molar-refractivity contribution in [1.29, 1.82) is 0 Å². The predicted octanol–water partition coefficient (Wildman–Crippen LogP) is 5.40. The summed E-state index contributed by atoms with van der Waals surface area (Å²) >= 11 is 0. The molecule has 0 unspecified atom stereocenters. The number of amides is 1. The van der Waals surface area contributed by atoms with Gasteiger partial charge in [0.05, 0.1) is 0 Å². The number of hydrogen-bond donors (Lipinski definition) is 1. The van der Waals surface area contributed by atoms with E-state index in [9.17, 15) is 4.79 Å². The number of rotatable bonds is 5. The number of benzene rings is 2. The lowest BCUT2D eigenvalue weighted by Gasteiger charge is -2.21. The van der Waals surface area contributed by atoms with Gasteiger partial charge in [0.25, 0.3) is 5.91 Å². The maximum atomic E-state index is 12.6. The van der Waals surface area contributed by atoms with Gasteiger partial charge in [-0.05, 0) is 85.5 Å². The smallest absolute Gasteiger partial charge is 0.251 e. The van der Waals surface area contributed by atoms with Crippen LogP contribution in [0.4, 0.5) is 0 Å². The third-order valence-electron chi connectivity index (χ3n) is 6.09. The van der Waals surface area contributed by atoms with Crippen molar-refractivity contribution in [2.45, 2.75) is 53.0 Å². The van der Waals surface area contributed by atoms with Crippen molar-refractivity contribution in [3.05, 3.63) is 88.2 Å². The molecule has 4 rings (SSSR count). The second-order valence-electron chi connectivity index (χ2n) is 8.34. The van der Waals surface area contributed by atoms with Gasteiger partial charge < -0.3 is 9.88 Å². The molecule has 0 aliphatic heterocycles. The van der Waals surface area contributed by atoms with Crippen LogP contribution in [0.5, 0.6) is 0 Å². The van der Waals surface area contributed by atoms with E-state index in [1.807, 2.05) is 12.1 Å². The van der Waals surface area contributed by atoms with Gasteiger partial charge in [0.15, 0.2) is 0 Å². The van der Waals surface area contributed by atoms with Crippen LogP contribution in [0.3, 0.4) is 0 Å². The lowest BCUT2D eigenvalue weighted by molar-refractivity contribution is 0.0951. The summed E-state index contributed by atoms with van der Waals surface area (Å²) in [5.41, 5.74) is 8.47. The first kappa shape index (κ1) is 19.5. The number of carbonyl (C=O) groups is 1. The Kier molecular flexibility index (Phi) is 5.57. The molecule has 1 aliphatic carbocycles. The van der Waals surface area contributed by atoms with Gasteiger partial charge in [-0.1, -0.05) is 38.1 Å². The average molecular weight is 387 g/mol. The summed E-state index contributed by atoms with van der Waals surface area (Å²) in [4.78, 5) is 12.6. The number of aryl methyl sites for hydroxylation is 2. The fourth-order valence-corrected chi connectivity index (χ4v) is 4.36. The zero-order chi connectivity index (χ0) is 20.4. The topological polar surface area (TPSA) is 34.0 Å². The molecule has 2 aromatic carbocycles. The quantitative estimate of drug-likeness (QED) is 0.626. The summed E-state index contributed by atoms with van der Waals surface area (Å²) in [6.07, 6.45) is 4.57. The zero-order valence-corrected chi connectivity index (χ0v) is 17.7. The standard InChI is InChI=1S/C26H30N2O/c1-4-20-6-8-21(9-7-20)17-27-26(29)22-10-12-24(13-11-22)28-19(3)16-23-15-18(2)5-14-25(23)28/h6-13,16,18H,4-5,14-15,17H2,1-3H3,(H,27,29)/t18-/m1/s1. The average Bonchev–Trinajstić information content (AvgIpc) is 3.07. The highest BCUT2D eigenvalue weighted by Crippen LogP contribution is 2.30. The fraction of sp³-hybridized carbons (Fsp3) is 0.346. The Morgan fingerprint density at radius 1 is 1.07 bits per heavy atom. The highest BCUT2D eigenvalue weighted by Gasteiger charge is 2.21. The highest BCUT2D eigenvalue weighted by atomic mass is 16.1. The Labute approximate surface area is 173 Å². The third-order valence-corrected chi connectivity index (χ3v) is 6.09. The summed E-state index contributed by atoms with van der Waals surface area (Å²) in [6.45, 7) is 7.20. The molecule has 1 heterocycles. The van der Waals surface area contributed by atoms with Crippen LogP contribution < -0.4 is 5.32 Å². The molecule has 1 aromatic heterocycles.